The molecule has 1 atom stereocenters. The molecule has 0 amide bonds. The molecule has 0 aromatic heterocycles. The van der Waals surface area contributed by atoms with E-state index in [0.717, 1.165) is 12.0 Å². The molecule has 2 nitrogen and oxygen atoms in total. The Hall–Kier alpha value is -2.72. The van der Waals surface area contributed by atoms with Crippen LogP contribution in [0.25, 0.3) is 22.3 Å². The Kier molecular flexibility index (Phi) is 4.81. The van der Waals surface area contributed by atoms with Gasteiger partial charge in [0.05, 0.1) is 0 Å². The highest BCUT2D eigenvalue weighted by Crippen LogP contribution is 2.32. The lowest BCUT2D eigenvalue weighted by molar-refractivity contribution is 0.514. The zero-order valence-electron chi connectivity index (χ0n) is 14.0. The van der Waals surface area contributed by atoms with E-state index in [4.69, 9.17) is 11.5 Å². The monoisotopic (exact) mass is 338 g/mol. The van der Waals surface area contributed by atoms with E-state index in [1.165, 1.54) is 0 Å². The summed E-state index contributed by atoms with van der Waals surface area (Å²) in [7, 11) is 0. The molecule has 25 heavy (non-hydrogen) atoms. The number of hydrogen-bond acceptors (Lipinski definition) is 2. The fourth-order valence-electron chi connectivity index (χ4n) is 2.80. The lowest BCUT2D eigenvalue weighted by Gasteiger charge is -2.12. The number of nitrogens with two attached hydrogens (primary N) is 2. The zero-order chi connectivity index (χ0) is 18.0. The summed E-state index contributed by atoms with van der Waals surface area (Å²) in [6, 6.07) is 17.1. The first-order chi connectivity index (χ1) is 12.0. The molecule has 0 aliphatic carbocycles. The van der Waals surface area contributed by atoms with Gasteiger partial charge >= 0.3 is 0 Å². The number of anilines is 1. The van der Waals surface area contributed by atoms with Crippen LogP contribution in [-0.4, -0.2) is 0 Å². The van der Waals surface area contributed by atoms with E-state index in [-0.39, 0.29) is 17.2 Å². The van der Waals surface area contributed by atoms with Gasteiger partial charge in [-0.1, -0.05) is 55.5 Å². The van der Waals surface area contributed by atoms with Gasteiger partial charge in [-0.15, -0.1) is 0 Å². The first-order valence-electron chi connectivity index (χ1n) is 8.21. The first kappa shape index (κ1) is 17.1. The predicted molar refractivity (Wildman–Crippen MR) is 98.9 cm³/mol. The summed E-state index contributed by atoms with van der Waals surface area (Å²) in [4.78, 5) is 0. The van der Waals surface area contributed by atoms with Crippen LogP contribution in [0, 0.1) is 11.6 Å². The molecule has 0 aliphatic rings. The molecule has 3 aromatic carbocycles. The van der Waals surface area contributed by atoms with Gasteiger partial charge < -0.3 is 11.5 Å². The molecular formula is C21H20F2N2. The molecule has 0 heterocycles. The Balaban J connectivity index is 1.99. The van der Waals surface area contributed by atoms with Gasteiger partial charge in [0, 0.05) is 22.9 Å². The third kappa shape index (κ3) is 3.39. The van der Waals surface area contributed by atoms with Crippen LogP contribution in [0.3, 0.4) is 0 Å². The first-order valence-corrected chi connectivity index (χ1v) is 8.21. The van der Waals surface area contributed by atoms with E-state index in [9.17, 15) is 8.78 Å². The smallest absolute Gasteiger partial charge is 0.167 e. The number of rotatable bonds is 4. The van der Waals surface area contributed by atoms with Gasteiger partial charge in [-0.25, -0.2) is 8.78 Å². The van der Waals surface area contributed by atoms with E-state index >= 15 is 0 Å². The van der Waals surface area contributed by atoms with Gasteiger partial charge in [-0.05, 0) is 35.2 Å². The van der Waals surface area contributed by atoms with E-state index in [2.05, 4.69) is 0 Å². The fraction of sp³-hybridized carbons (Fsp3) is 0.143. The number of benzene rings is 3. The fourth-order valence-corrected chi connectivity index (χ4v) is 2.80. The van der Waals surface area contributed by atoms with Crippen molar-refractivity contribution in [3.05, 3.63) is 77.9 Å². The zero-order valence-corrected chi connectivity index (χ0v) is 14.0. The van der Waals surface area contributed by atoms with Crippen molar-refractivity contribution < 1.29 is 8.78 Å². The standard InChI is InChI=1S/C21H20F2N2/c1-2-19(25)15-5-3-13(4-6-15)17-11-12-18(21(23)20(17)22)14-7-9-16(24)10-8-14/h3-12,19H,2,24-25H2,1H3. The van der Waals surface area contributed by atoms with Crippen LogP contribution < -0.4 is 11.5 Å². The topological polar surface area (TPSA) is 52.0 Å². The average molecular weight is 338 g/mol. The predicted octanol–water partition coefficient (Wildman–Crippen LogP) is 5.29. The van der Waals surface area contributed by atoms with E-state index in [0.29, 0.717) is 16.8 Å². The number of hydrogen-bond donors (Lipinski definition) is 2. The third-order valence-corrected chi connectivity index (χ3v) is 4.39. The number of halogens is 2. The molecule has 1 unspecified atom stereocenters. The summed E-state index contributed by atoms with van der Waals surface area (Å²) < 4.78 is 29.2. The lowest BCUT2D eigenvalue weighted by Crippen LogP contribution is -2.08. The molecule has 0 saturated heterocycles. The summed E-state index contributed by atoms with van der Waals surface area (Å²) in [5.41, 5.74) is 14.8. The van der Waals surface area contributed by atoms with Crippen LogP contribution in [0.4, 0.5) is 14.5 Å². The van der Waals surface area contributed by atoms with Gasteiger partial charge in [0.15, 0.2) is 11.6 Å². The molecule has 0 saturated carbocycles. The molecule has 4 N–H and O–H groups in total. The lowest BCUT2D eigenvalue weighted by atomic mass is 9.97. The van der Waals surface area contributed by atoms with Gasteiger partial charge in [-0.2, -0.15) is 0 Å². The summed E-state index contributed by atoms with van der Waals surface area (Å²) in [6.45, 7) is 2.00. The van der Waals surface area contributed by atoms with Gasteiger partial charge in [0.25, 0.3) is 0 Å². The van der Waals surface area contributed by atoms with Crippen LogP contribution in [0.5, 0.6) is 0 Å². The highest BCUT2D eigenvalue weighted by atomic mass is 19.2. The second-order valence-electron chi connectivity index (χ2n) is 6.05. The van der Waals surface area contributed by atoms with Crippen molar-refractivity contribution in [2.24, 2.45) is 5.73 Å². The van der Waals surface area contributed by atoms with E-state index in [1.807, 2.05) is 19.1 Å². The van der Waals surface area contributed by atoms with Crippen LogP contribution in [0.15, 0.2) is 60.7 Å². The Morgan fingerprint density at radius 3 is 1.64 bits per heavy atom. The Labute approximate surface area is 146 Å². The van der Waals surface area contributed by atoms with Crippen molar-refractivity contribution in [3.63, 3.8) is 0 Å². The minimum absolute atomic E-state index is 0.0523. The highest BCUT2D eigenvalue weighted by molar-refractivity contribution is 5.72. The maximum atomic E-state index is 14.6. The van der Waals surface area contributed by atoms with Crippen LogP contribution in [0.2, 0.25) is 0 Å². The van der Waals surface area contributed by atoms with Crippen LogP contribution in [-0.2, 0) is 0 Å². The summed E-state index contributed by atoms with van der Waals surface area (Å²) in [5, 5.41) is 0. The second kappa shape index (κ2) is 7.03. The molecule has 0 bridgehead atoms. The summed E-state index contributed by atoms with van der Waals surface area (Å²) in [6.07, 6.45) is 0.818. The average Bonchev–Trinajstić information content (AvgIpc) is 2.64. The van der Waals surface area contributed by atoms with Gasteiger partial charge in [-0.3, -0.25) is 0 Å². The maximum Gasteiger partial charge on any atom is 0.167 e. The summed E-state index contributed by atoms with van der Waals surface area (Å²) in [5.74, 6) is -1.72. The molecule has 4 heteroatoms. The molecule has 0 spiro atoms. The minimum Gasteiger partial charge on any atom is -0.399 e. The maximum absolute atomic E-state index is 14.6. The van der Waals surface area contributed by atoms with Gasteiger partial charge in [0.2, 0.25) is 0 Å². The minimum atomic E-state index is -0.864. The Bertz CT molecular complexity index is 872. The Morgan fingerprint density at radius 2 is 1.20 bits per heavy atom. The second-order valence-corrected chi connectivity index (χ2v) is 6.05. The van der Waals surface area contributed by atoms with Gasteiger partial charge in [0.1, 0.15) is 0 Å². The SMILES string of the molecule is CCC(N)c1ccc(-c2ccc(-c3ccc(N)cc3)c(F)c2F)cc1. The molecule has 0 radical (unpaired) electrons. The van der Waals surface area contributed by atoms with Crippen molar-refractivity contribution in [1.82, 2.24) is 0 Å². The molecule has 3 aromatic rings. The summed E-state index contributed by atoms with van der Waals surface area (Å²) >= 11 is 0. The van der Waals surface area contributed by atoms with Crippen molar-refractivity contribution in [2.75, 3.05) is 5.73 Å². The molecular weight excluding hydrogens is 318 g/mol. The van der Waals surface area contributed by atoms with Crippen molar-refractivity contribution in [1.29, 1.82) is 0 Å². The van der Waals surface area contributed by atoms with Crippen molar-refractivity contribution in [2.45, 2.75) is 19.4 Å². The van der Waals surface area contributed by atoms with Crippen LogP contribution >= 0.6 is 0 Å². The van der Waals surface area contributed by atoms with E-state index < -0.39 is 11.6 Å². The quantitative estimate of drug-likeness (QED) is 0.635. The van der Waals surface area contributed by atoms with E-state index in [1.54, 1.807) is 48.5 Å². The molecule has 128 valence electrons. The number of nitrogen functional groups attached to an aromatic ring is 1. The highest BCUT2D eigenvalue weighted by Gasteiger charge is 2.16. The molecule has 0 fully saturated rings. The third-order valence-electron chi connectivity index (χ3n) is 4.39. The van der Waals surface area contributed by atoms with Crippen LogP contribution in [0.1, 0.15) is 24.9 Å². The Morgan fingerprint density at radius 1 is 0.760 bits per heavy atom. The normalized spacial score (nSPS) is 12.2. The largest absolute Gasteiger partial charge is 0.399 e. The van der Waals surface area contributed by atoms with Crippen molar-refractivity contribution >= 4 is 5.69 Å². The molecule has 0 aliphatic heterocycles. The molecule has 3 rings (SSSR count). The van der Waals surface area contributed by atoms with Crippen molar-refractivity contribution in [3.8, 4) is 22.3 Å².